The van der Waals surface area contributed by atoms with Gasteiger partial charge in [-0.3, -0.25) is 4.79 Å². The van der Waals surface area contributed by atoms with Crippen molar-refractivity contribution in [2.45, 2.75) is 36.1 Å². The molecule has 160 valence electrons. The zero-order chi connectivity index (χ0) is 21.0. The average Bonchev–Trinajstić information content (AvgIpc) is 3.27. The Morgan fingerprint density at radius 3 is 2.65 bits per heavy atom. The van der Waals surface area contributed by atoms with Gasteiger partial charge in [-0.15, -0.1) is 16.9 Å². The van der Waals surface area contributed by atoms with Gasteiger partial charge in [-0.25, -0.2) is 4.68 Å². The van der Waals surface area contributed by atoms with Crippen LogP contribution in [0.2, 0.25) is 0 Å². The predicted octanol–water partition coefficient (Wildman–Crippen LogP) is 2.50. The van der Waals surface area contributed by atoms with Crippen LogP contribution in [0.4, 0.5) is 5.69 Å². The van der Waals surface area contributed by atoms with Gasteiger partial charge in [0.05, 0.1) is 31.2 Å². The number of anilines is 1. The van der Waals surface area contributed by atoms with Crippen LogP contribution in [-0.4, -0.2) is 40.0 Å². The molecule has 4 atom stereocenters. The first-order chi connectivity index (χ1) is 15.2. The summed E-state index contributed by atoms with van der Waals surface area (Å²) in [5.74, 6) is 1.57. The molecule has 2 aromatic carbocycles. The van der Waals surface area contributed by atoms with E-state index in [4.69, 9.17) is 0 Å². The van der Waals surface area contributed by atoms with Gasteiger partial charge in [0.1, 0.15) is 6.04 Å². The van der Waals surface area contributed by atoms with Crippen LogP contribution in [0.5, 0.6) is 0 Å². The Balaban J connectivity index is 1.15. The van der Waals surface area contributed by atoms with Crippen LogP contribution in [0.1, 0.15) is 18.5 Å². The lowest BCUT2D eigenvalue weighted by Crippen LogP contribution is -3.20. The third-order valence-corrected chi connectivity index (χ3v) is 7.60. The molecule has 3 aliphatic heterocycles. The highest BCUT2D eigenvalue weighted by Gasteiger charge is 2.46. The number of para-hydroxylation sites is 1. The topological polar surface area (TPSA) is 64.2 Å². The van der Waals surface area contributed by atoms with Crippen LogP contribution in [-0.2, 0) is 17.1 Å². The average molecular weight is 435 g/mol. The van der Waals surface area contributed by atoms with Gasteiger partial charge in [0.2, 0.25) is 5.91 Å². The minimum Gasteiger partial charge on any atom is -0.330 e. The molecule has 1 aromatic heterocycles. The Bertz CT molecular complexity index is 1010. The number of rotatable bonds is 7. The summed E-state index contributed by atoms with van der Waals surface area (Å²) in [5, 5.41) is 11.9. The minimum absolute atomic E-state index is 0.105. The second-order valence-electron chi connectivity index (χ2n) is 8.59. The Kier molecular flexibility index (Phi) is 6.04. The van der Waals surface area contributed by atoms with Crippen molar-refractivity contribution in [2.75, 3.05) is 18.4 Å². The highest BCUT2D eigenvalue weighted by molar-refractivity contribution is 7.98. The number of carbonyl (C=O) groups excluding carboxylic acids is 1. The Morgan fingerprint density at radius 2 is 1.90 bits per heavy atom. The van der Waals surface area contributed by atoms with Crippen molar-refractivity contribution in [1.82, 2.24) is 15.0 Å². The fourth-order valence-corrected chi connectivity index (χ4v) is 5.77. The van der Waals surface area contributed by atoms with E-state index in [1.807, 2.05) is 41.1 Å². The van der Waals surface area contributed by atoms with Gasteiger partial charge in [0.25, 0.3) is 0 Å². The molecule has 7 heteroatoms. The monoisotopic (exact) mass is 434 g/mol. The zero-order valence-corrected chi connectivity index (χ0v) is 18.3. The SMILES string of the molecule is O=C(Nc1ccccc1)[C@H]1C[NH+]2CC[C@@H]1C[C@@H]2Cn1cc(CSc2ccccc2)nn1. The molecule has 0 saturated carbocycles. The van der Waals surface area contributed by atoms with Crippen molar-refractivity contribution >= 4 is 23.4 Å². The molecular weight excluding hydrogens is 406 g/mol. The Morgan fingerprint density at radius 1 is 1.13 bits per heavy atom. The first-order valence-electron chi connectivity index (χ1n) is 11.0. The molecule has 3 fully saturated rings. The first-order valence-corrected chi connectivity index (χ1v) is 12.0. The van der Waals surface area contributed by atoms with Crippen LogP contribution in [0.25, 0.3) is 0 Å². The predicted molar refractivity (Wildman–Crippen MR) is 122 cm³/mol. The molecule has 0 spiro atoms. The van der Waals surface area contributed by atoms with Crippen molar-refractivity contribution in [3.63, 3.8) is 0 Å². The van der Waals surface area contributed by atoms with Crippen LogP contribution in [0, 0.1) is 11.8 Å². The van der Waals surface area contributed by atoms with Crippen LogP contribution in [0.15, 0.2) is 71.8 Å². The second kappa shape index (κ2) is 9.24. The lowest BCUT2D eigenvalue weighted by molar-refractivity contribution is -0.945. The number of aromatic nitrogens is 3. The van der Waals surface area contributed by atoms with Gasteiger partial charge < -0.3 is 10.2 Å². The van der Waals surface area contributed by atoms with Gasteiger partial charge in [-0.2, -0.15) is 0 Å². The number of hydrogen-bond donors (Lipinski definition) is 2. The van der Waals surface area contributed by atoms with E-state index in [9.17, 15) is 4.79 Å². The Hall–Kier alpha value is -2.64. The van der Waals surface area contributed by atoms with Gasteiger partial charge >= 0.3 is 0 Å². The maximum Gasteiger partial charge on any atom is 0.233 e. The molecule has 3 aromatic rings. The van der Waals surface area contributed by atoms with Crippen molar-refractivity contribution in [2.24, 2.45) is 11.8 Å². The van der Waals surface area contributed by atoms with Crippen molar-refractivity contribution in [1.29, 1.82) is 0 Å². The van der Waals surface area contributed by atoms with Gasteiger partial charge in [-0.05, 0) is 30.2 Å². The fourth-order valence-electron chi connectivity index (χ4n) is 4.97. The number of amides is 1. The molecular formula is C24H28N5OS+. The molecule has 2 bridgehead atoms. The molecule has 3 aliphatic rings. The second-order valence-corrected chi connectivity index (χ2v) is 9.64. The summed E-state index contributed by atoms with van der Waals surface area (Å²) >= 11 is 1.78. The van der Waals surface area contributed by atoms with E-state index in [0.29, 0.717) is 12.0 Å². The number of nitrogens with zero attached hydrogens (tertiary/aromatic N) is 3. The summed E-state index contributed by atoms with van der Waals surface area (Å²) in [6.07, 6.45) is 4.30. The number of benzene rings is 2. The van der Waals surface area contributed by atoms with E-state index in [1.165, 1.54) is 9.80 Å². The summed E-state index contributed by atoms with van der Waals surface area (Å²) in [4.78, 5) is 15.6. The maximum atomic E-state index is 12.9. The molecule has 0 radical (unpaired) electrons. The molecule has 3 saturated heterocycles. The molecule has 31 heavy (non-hydrogen) atoms. The number of quaternary nitrogens is 1. The minimum atomic E-state index is 0.105. The molecule has 6 nitrogen and oxygen atoms in total. The van der Waals surface area contributed by atoms with Gasteiger partial charge in [-0.1, -0.05) is 41.6 Å². The van der Waals surface area contributed by atoms with Gasteiger partial charge in [0.15, 0.2) is 0 Å². The standard InChI is InChI=1S/C24H27N5OS/c30-24(25-19-7-3-1-4-8-19)23-16-28-12-11-18(23)13-21(28)15-29-14-20(26-27-29)17-31-22-9-5-2-6-10-22/h1-10,14,18,21,23H,11-13,15-17H2,(H,25,30)/p+1/t18-,21-,23+/m1/s1. The lowest BCUT2D eigenvalue weighted by Gasteiger charge is -2.46. The molecule has 1 amide bonds. The van der Waals surface area contributed by atoms with Crippen molar-refractivity contribution in [3.05, 3.63) is 72.6 Å². The zero-order valence-electron chi connectivity index (χ0n) is 17.5. The number of carbonyl (C=O) groups is 1. The van der Waals surface area contributed by atoms with Crippen LogP contribution < -0.4 is 10.2 Å². The smallest absolute Gasteiger partial charge is 0.233 e. The van der Waals surface area contributed by atoms with E-state index in [-0.39, 0.29) is 11.8 Å². The summed E-state index contributed by atoms with van der Waals surface area (Å²) in [5.41, 5.74) is 1.90. The third kappa shape index (κ3) is 4.83. The number of piperidine rings is 3. The van der Waals surface area contributed by atoms with Gasteiger partial charge in [0, 0.05) is 35.4 Å². The summed E-state index contributed by atoms with van der Waals surface area (Å²) in [6, 6.07) is 20.7. The van der Waals surface area contributed by atoms with E-state index < -0.39 is 0 Å². The molecule has 6 rings (SSSR count). The van der Waals surface area contributed by atoms with E-state index >= 15 is 0 Å². The van der Waals surface area contributed by atoms with Crippen LogP contribution in [0.3, 0.4) is 0 Å². The van der Waals surface area contributed by atoms with E-state index in [0.717, 1.165) is 49.6 Å². The highest BCUT2D eigenvalue weighted by atomic mass is 32.2. The molecule has 1 unspecified atom stereocenters. The molecule has 2 N–H and O–H groups in total. The quantitative estimate of drug-likeness (QED) is 0.561. The number of hydrogen-bond acceptors (Lipinski definition) is 4. The highest BCUT2D eigenvalue weighted by Crippen LogP contribution is 2.29. The van der Waals surface area contributed by atoms with E-state index in [2.05, 4.69) is 46.1 Å². The lowest BCUT2D eigenvalue weighted by atomic mass is 9.75. The largest absolute Gasteiger partial charge is 0.330 e. The normalized spacial score (nSPS) is 24.8. The summed E-state index contributed by atoms with van der Waals surface area (Å²) in [7, 11) is 0. The molecule has 0 aliphatic carbocycles. The maximum absolute atomic E-state index is 12.9. The third-order valence-electron chi connectivity index (χ3n) is 6.55. The van der Waals surface area contributed by atoms with E-state index in [1.54, 1.807) is 11.8 Å². The number of thioether (sulfide) groups is 1. The Labute approximate surface area is 187 Å². The molecule has 4 heterocycles. The fraction of sp³-hybridized carbons (Fsp3) is 0.375. The summed E-state index contributed by atoms with van der Waals surface area (Å²) in [6.45, 7) is 2.94. The number of nitrogens with one attached hydrogen (secondary N) is 2. The van der Waals surface area contributed by atoms with Crippen LogP contribution >= 0.6 is 11.8 Å². The van der Waals surface area contributed by atoms with Crippen molar-refractivity contribution in [3.8, 4) is 0 Å². The number of fused-ring (bicyclic) bond motifs is 3. The van der Waals surface area contributed by atoms with Crippen molar-refractivity contribution < 1.29 is 9.69 Å². The summed E-state index contributed by atoms with van der Waals surface area (Å²) < 4.78 is 2.00. The first kappa shape index (κ1) is 20.3.